The second-order valence-corrected chi connectivity index (χ2v) is 1.56. The molecule has 1 amide bonds. The van der Waals surface area contributed by atoms with E-state index in [9.17, 15) is 4.79 Å². The fraction of sp³-hybridized carbons (Fsp3) is 0.750. The molecule has 0 rings (SSSR count). The van der Waals surface area contributed by atoms with Gasteiger partial charge in [-0.05, 0) is 0 Å². The molecule has 0 spiro atoms. The maximum absolute atomic E-state index is 9.92. The third-order valence-electron chi connectivity index (χ3n) is 0.569. The molecule has 4 heteroatoms. The van der Waals surface area contributed by atoms with Gasteiger partial charge in [0.05, 0.1) is 0 Å². The topological polar surface area (TPSA) is 74.6 Å². The Kier molecular flexibility index (Phi) is 15.3. The van der Waals surface area contributed by atoms with Crippen LogP contribution in [0, 0.1) is 5.92 Å². The van der Waals surface area contributed by atoms with Crippen molar-refractivity contribution in [1.29, 1.82) is 0 Å². The fourth-order valence-corrected chi connectivity index (χ4v) is 0. The summed E-state index contributed by atoms with van der Waals surface area (Å²) in [5, 5.41) is 0. The molecule has 0 heterocycles. The van der Waals surface area contributed by atoms with Gasteiger partial charge in [0.25, 0.3) is 0 Å². The SMILES string of the molecule is CC(C)C(N)=O.O.[Ca+2].[H-].[H-]. The molecule has 0 aromatic heterocycles. The summed E-state index contributed by atoms with van der Waals surface area (Å²) in [5.41, 5.74) is 4.80. The molecule has 0 aliphatic carbocycles. The molecule has 0 fully saturated rings. The number of hydrogen-bond acceptors (Lipinski definition) is 1. The number of carbonyl (C=O) groups is 1. The summed E-state index contributed by atoms with van der Waals surface area (Å²) >= 11 is 0. The Bertz CT molecular complexity index is 72.3. The fourth-order valence-electron chi connectivity index (χ4n) is 0. The second-order valence-electron chi connectivity index (χ2n) is 1.56. The van der Waals surface area contributed by atoms with Crippen LogP contribution in [-0.2, 0) is 4.79 Å². The van der Waals surface area contributed by atoms with Crippen LogP contribution in [0.4, 0.5) is 0 Å². The zero-order valence-corrected chi connectivity index (χ0v) is 7.48. The van der Waals surface area contributed by atoms with Gasteiger partial charge in [-0.1, -0.05) is 13.8 Å². The van der Waals surface area contributed by atoms with Gasteiger partial charge in [0.15, 0.2) is 0 Å². The Hall–Kier alpha value is 0.690. The second kappa shape index (κ2) is 7.69. The molecular formula is C4H13CaNO2. The number of carbonyl (C=O) groups excluding carboxylic acids is 1. The molecule has 4 N–H and O–H groups in total. The normalized spacial score (nSPS) is 6.88. The number of hydrogen-bond donors (Lipinski definition) is 1. The largest absolute Gasteiger partial charge is 2.00 e. The summed E-state index contributed by atoms with van der Waals surface area (Å²) in [6, 6.07) is 0. The summed E-state index contributed by atoms with van der Waals surface area (Å²) in [7, 11) is 0. The summed E-state index contributed by atoms with van der Waals surface area (Å²) in [5.74, 6) is -0.250. The van der Waals surface area contributed by atoms with E-state index in [-0.39, 0.29) is 57.9 Å². The third kappa shape index (κ3) is 9.85. The molecule has 0 aromatic rings. The van der Waals surface area contributed by atoms with Gasteiger partial charge in [0, 0.05) is 5.92 Å². The Morgan fingerprint density at radius 2 is 1.75 bits per heavy atom. The maximum atomic E-state index is 9.92. The first-order chi connectivity index (χ1) is 2.64. The van der Waals surface area contributed by atoms with Crippen molar-refractivity contribution in [2.24, 2.45) is 11.7 Å². The van der Waals surface area contributed by atoms with E-state index in [2.05, 4.69) is 0 Å². The van der Waals surface area contributed by atoms with Gasteiger partial charge < -0.3 is 14.1 Å². The molecule has 0 aromatic carbocycles. The quantitative estimate of drug-likeness (QED) is 0.482. The van der Waals surface area contributed by atoms with Crippen LogP contribution in [-0.4, -0.2) is 49.1 Å². The van der Waals surface area contributed by atoms with Gasteiger partial charge in [-0.3, -0.25) is 4.79 Å². The van der Waals surface area contributed by atoms with Crippen molar-refractivity contribution in [3.8, 4) is 0 Å². The van der Waals surface area contributed by atoms with E-state index < -0.39 is 0 Å². The van der Waals surface area contributed by atoms with Crippen molar-refractivity contribution in [2.45, 2.75) is 13.8 Å². The van der Waals surface area contributed by atoms with Gasteiger partial charge in [-0.15, -0.1) is 0 Å². The van der Waals surface area contributed by atoms with E-state index in [1.165, 1.54) is 0 Å². The van der Waals surface area contributed by atoms with Crippen molar-refractivity contribution in [3.63, 3.8) is 0 Å². The molecule has 0 aliphatic heterocycles. The first kappa shape index (κ1) is 15.9. The first-order valence-electron chi connectivity index (χ1n) is 1.94. The van der Waals surface area contributed by atoms with Crippen LogP contribution in [0.25, 0.3) is 0 Å². The van der Waals surface area contributed by atoms with Crippen LogP contribution in [0.1, 0.15) is 16.7 Å². The van der Waals surface area contributed by atoms with Crippen LogP contribution in [0.5, 0.6) is 0 Å². The Balaban J connectivity index is -0.0000000208. The zero-order valence-electron chi connectivity index (χ0n) is 7.27. The first-order valence-corrected chi connectivity index (χ1v) is 1.94. The van der Waals surface area contributed by atoms with Crippen molar-refractivity contribution < 1.29 is 13.1 Å². The molecule has 0 atom stereocenters. The van der Waals surface area contributed by atoms with E-state index in [4.69, 9.17) is 5.73 Å². The average Bonchev–Trinajstić information content (AvgIpc) is 1.36. The molecule has 0 aliphatic rings. The van der Waals surface area contributed by atoms with Crippen molar-refractivity contribution in [2.75, 3.05) is 0 Å². The van der Waals surface area contributed by atoms with E-state index in [0.717, 1.165) is 0 Å². The molecular weight excluding hydrogens is 134 g/mol. The Labute approximate surface area is 81.9 Å². The van der Waals surface area contributed by atoms with Crippen molar-refractivity contribution >= 4 is 43.6 Å². The van der Waals surface area contributed by atoms with E-state index in [0.29, 0.717) is 0 Å². The average molecular weight is 147 g/mol. The molecule has 48 valence electrons. The van der Waals surface area contributed by atoms with Crippen molar-refractivity contribution in [3.05, 3.63) is 0 Å². The van der Waals surface area contributed by atoms with Crippen LogP contribution >= 0.6 is 0 Å². The third-order valence-corrected chi connectivity index (χ3v) is 0.569. The standard InChI is InChI=1S/C4H9NO.Ca.H2O.2H/c1-3(2)4(5)6;;;;/h3H,1-2H3,(H2,5,6);;1H2;;/q;+2;;2*-1. The van der Waals surface area contributed by atoms with Gasteiger partial charge >= 0.3 is 37.7 Å². The van der Waals surface area contributed by atoms with Gasteiger partial charge in [-0.25, -0.2) is 0 Å². The van der Waals surface area contributed by atoms with Crippen LogP contribution in [0.2, 0.25) is 0 Å². The summed E-state index contributed by atoms with van der Waals surface area (Å²) in [6.45, 7) is 3.53. The summed E-state index contributed by atoms with van der Waals surface area (Å²) < 4.78 is 0. The van der Waals surface area contributed by atoms with Crippen LogP contribution < -0.4 is 5.73 Å². The van der Waals surface area contributed by atoms with Crippen LogP contribution in [0.3, 0.4) is 0 Å². The molecule has 0 radical (unpaired) electrons. The Morgan fingerprint density at radius 3 is 1.75 bits per heavy atom. The predicted molar refractivity (Wildman–Crippen MR) is 35.6 cm³/mol. The van der Waals surface area contributed by atoms with Gasteiger partial charge in [-0.2, -0.15) is 0 Å². The monoisotopic (exact) mass is 147 g/mol. The minimum Gasteiger partial charge on any atom is -1.00 e. The van der Waals surface area contributed by atoms with E-state index >= 15 is 0 Å². The van der Waals surface area contributed by atoms with Crippen molar-refractivity contribution in [1.82, 2.24) is 0 Å². The van der Waals surface area contributed by atoms with Gasteiger partial charge in [0.1, 0.15) is 0 Å². The molecule has 3 nitrogen and oxygen atoms in total. The number of rotatable bonds is 1. The minimum atomic E-state index is -0.241. The minimum absolute atomic E-state index is 0. The smallest absolute Gasteiger partial charge is 1.00 e. The number of primary amides is 1. The number of amides is 1. The zero-order chi connectivity index (χ0) is 5.15. The van der Waals surface area contributed by atoms with E-state index in [1.807, 2.05) is 0 Å². The molecule has 0 saturated carbocycles. The number of nitrogens with two attached hydrogens (primary N) is 1. The molecule has 0 bridgehead atoms. The summed E-state index contributed by atoms with van der Waals surface area (Å²) in [6.07, 6.45) is 0. The molecule has 0 unspecified atom stereocenters. The van der Waals surface area contributed by atoms with E-state index in [1.54, 1.807) is 13.8 Å². The maximum Gasteiger partial charge on any atom is 2.00 e. The molecule has 8 heavy (non-hydrogen) atoms. The predicted octanol–water partition coefficient (Wildman–Crippen LogP) is -0.853. The molecule has 0 saturated heterocycles. The van der Waals surface area contributed by atoms with Gasteiger partial charge in [0.2, 0.25) is 5.91 Å². The summed E-state index contributed by atoms with van der Waals surface area (Å²) in [4.78, 5) is 9.92. The Morgan fingerprint density at radius 1 is 1.62 bits per heavy atom. The van der Waals surface area contributed by atoms with Crippen LogP contribution in [0.15, 0.2) is 0 Å².